The number of hydrogen-bond acceptors (Lipinski definition) is 10. The number of para-hydroxylation sites is 2. The number of ether oxygens (including phenoxy) is 3. The molecule has 0 atom stereocenters. The molecule has 3 heterocycles. The Balaban J connectivity index is 0.000000138. The van der Waals surface area contributed by atoms with Crippen molar-refractivity contribution in [2.45, 2.75) is 79.5 Å². The molecule has 0 fully saturated rings. The van der Waals surface area contributed by atoms with Gasteiger partial charge in [0.1, 0.15) is 17.2 Å². The Morgan fingerprint density at radius 2 is 0.761 bits per heavy atom. The largest absolute Gasteiger partial charge is 0.497 e. The van der Waals surface area contributed by atoms with Crippen LogP contribution in [0, 0.1) is 20.8 Å². The molecule has 0 N–H and O–H groups in total. The Morgan fingerprint density at radius 3 is 1.28 bits per heavy atom. The van der Waals surface area contributed by atoms with E-state index in [9.17, 15) is 0 Å². The molecule has 71 heavy (non-hydrogen) atoms. The van der Waals surface area contributed by atoms with Gasteiger partial charge >= 0.3 is 0 Å². The molecule has 9 aromatic carbocycles. The van der Waals surface area contributed by atoms with E-state index in [2.05, 4.69) is 211 Å². The second-order valence-electron chi connectivity index (χ2n) is 16.7. The van der Waals surface area contributed by atoms with Crippen molar-refractivity contribution in [1.82, 2.24) is 0 Å². The van der Waals surface area contributed by atoms with E-state index in [1.807, 2.05) is 70.9 Å². The highest BCUT2D eigenvalue weighted by Gasteiger charge is 2.25. The smallest absolute Gasteiger partial charge is 0.134 e. The molecule has 0 aromatic heterocycles. The third-order valence-electron chi connectivity index (χ3n) is 11.7. The van der Waals surface area contributed by atoms with Crippen molar-refractivity contribution in [2.75, 3.05) is 26.2 Å². The van der Waals surface area contributed by atoms with E-state index in [0.29, 0.717) is 0 Å². The molecule has 4 nitrogen and oxygen atoms in total. The standard InChI is InChI=1S/C32H25NOS2.C14H11BrOS2.C14H12OS2/c1-22-13-19-28-30(21-22)36-32-29(35-28)20-18-27(34-2)31(32)23-14-16-26(17-15-23)33(24-9-5-3-6-10-24)25-11-7-4-8-12-25;1-8-3-5-10-12(7-8)18-14-11(17-10)6-4-9(16-2)13(14)15;1-9-3-5-11-13(7-9)17-14-8-10(15-2)4-6-12(14)16-11/h3-21H,1-2H3;3-7H,1-2H3;3-8H,1-2H3. The highest BCUT2D eigenvalue weighted by atomic mass is 79.9. The molecule has 0 unspecified atom stereocenters. The Morgan fingerprint density at radius 1 is 0.352 bits per heavy atom. The molecule has 0 saturated heterocycles. The van der Waals surface area contributed by atoms with E-state index >= 15 is 0 Å². The first-order valence-corrected chi connectivity index (χ1v) is 28.5. The first-order valence-electron chi connectivity index (χ1n) is 22.8. The Labute approximate surface area is 451 Å². The van der Waals surface area contributed by atoms with E-state index in [1.54, 1.807) is 33.1 Å². The molecule has 3 aliphatic rings. The predicted molar refractivity (Wildman–Crippen MR) is 305 cm³/mol. The van der Waals surface area contributed by atoms with Gasteiger partial charge in [0.2, 0.25) is 0 Å². The van der Waals surface area contributed by atoms with E-state index < -0.39 is 0 Å². The predicted octanol–water partition coefficient (Wildman–Crippen LogP) is 19.8. The number of benzene rings is 9. The summed E-state index contributed by atoms with van der Waals surface area (Å²) in [5, 5.41) is 0. The number of anilines is 3. The van der Waals surface area contributed by atoms with E-state index in [1.165, 1.54) is 75.4 Å². The average molecular weight is 1100 g/mol. The second-order valence-corrected chi connectivity index (χ2v) is 23.9. The van der Waals surface area contributed by atoms with Crippen molar-refractivity contribution >= 4 is 104 Å². The number of halogens is 1. The third kappa shape index (κ3) is 10.9. The third-order valence-corrected chi connectivity index (χ3v) is 20.5. The van der Waals surface area contributed by atoms with Crippen LogP contribution in [0.3, 0.4) is 0 Å². The first kappa shape index (κ1) is 49.3. The van der Waals surface area contributed by atoms with Gasteiger partial charge in [-0.25, -0.2) is 0 Å². The Kier molecular flexibility index (Phi) is 15.5. The quantitative estimate of drug-likeness (QED) is 0.154. The maximum atomic E-state index is 5.86. The zero-order valence-corrected chi connectivity index (χ0v) is 46.3. The Hall–Kier alpha value is -5.24. The minimum absolute atomic E-state index is 0.887. The van der Waals surface area contributed by atoms with Crippen LogP contribution in [0.5, 0.6) is 17.2 Å². The number of rotatable bonds is 7. The fraction of sp³-hybridized carbons (Fsp3) is 0.100. The number of hydrogen-bond donors (Lipinski definition) is 0. The van der Waals surface area contributed by atoms with Crippen LogP contribution in [0.2, 0.25) is 0 Å². The van der Waals surface area contributed by atoms with Crippen LogP contribution in [0.4, 0.5) is 17.1 Å². The van der Waals surface area contributed by atoms with E-state index in [4.69, 9.17) is 14.2 Å². The fourth-order valence-corrected chi connectivity index (χ4v) is 16.3. The second kappa shape index (κ2) is 22.3. The average Bonchev–Trinajstić information content (AvgIpc) is 3.40. The molecule has 0 aliphatic carbocycles. The maximum Gasteiger partial charge on any atom is 0.134 e. The summed E-state index contributed by atoms with van der Waals surface area (Å²) in [6.45, 7) is 6.41. The number of fused-ring (bicyclic) bond motifs is 6. The lowest BCUT2D eigenvalue weighted by atomic mass is 10.0. The summed E-state index contributed by atoms with van der Waals surface area (Å²) in [4.78, 5) is 17.9. The summed E-state index contributed by atoms with van der Waals surface area (Å²) >= 11 is 14.6. The van der Waals surface area contributed by atoms with E-state index in [-0.39, 0.29) is 0 Å². The van der Waals surface area contributed by atoms with Gasteiger partial charge in [-0.1, -0.05) is 137 Å². The van der Waals surface area contributed by atoms with Crippen molar-refractivity contribution in [1.29, 1.82) is 0 Å². The molecule has 0 spiro atoms. The summed E-state index contributed by atoms with van der Waals surface area (Å²) in [5.74, 6) is 2.71. The van der Waals surface area contributed by atoms with Gasteiger partial charge in [0.25, 0.3) is 0 Å². The van der Waals surface area contributed by atoms with Crippen LogP contribution >= 0.6 is 86.5 Å². The van der Waals surface area contributed by atoms with Crippen LogP contribution < -0.4 is 19.1 Å². The molecule has 0 saturated carbocycles. The molecular weight excluding hydrogens is 1050 g/mol. The monoisotopic (exact) mass is 1100 g/mol. The molecule has 9 aromatic rings. The maximum absolute atomic E-state index is 5.86. The van der Waals surface area contributed by atoms with Crippen molar-refractivity contribution in [3.8, 4) is 28.4 Å². The molecule has 354 valence electrons. The van der Waals surface area contributed by atoms with Gasteiger partial charge < -0.3 is 19.1 Å². The molecule has 0 amide bonds. The van der Waals surface area contributed by atoms with Crippen molar-refractivity contribution in [3.63, 3.8) is 0 Å². The lowest BCUT2D eigenvalue weighted by Crippen LogP contribution is -2.09. The van der Waals surface area contributed by atoms with Crippen LogP contribution in [-0.4, -0.2) is 21.3 Å². The zero-order valence-electron chi connectivity index (χ0n) is 39.8. The first-order chi connectivity index (χ1) is 34.7. The molecule has 3 aliphatic heterocycles. The van der Waals surface area contributed by atoms with Crippen LogP contribution in [-0.2, 0) is 0 Å². The molecule has 0 radical (unpaired) electrons. The number of aryl methyl sites for hydroxylation is 3. The minimum Gasteiger partial charge on any atom is -0.497 e. The van der Waals surface area contributed by atoms with Gasteiger partial charge in [0, 0.05) is 81.4 Å². The summed E-state index contributed by atoms with van der Waals surface area (Å²) < 4.78 is 17.5. The fourth-order valence-electron chi connectivity index (χ4n) is 8.21. The molecule has 0 bridgehead atoms. The Bertz CT molecular complexity index is 3350. The zero-order chi connectivity index (χ0) is 49.0. The number of methoxy groups -OCH3 is 3. The van der Waals surface area contributed by atoms with Crippen molar-refractivity contribution in [2.24, 2.45) is 0 Å². The van der Waals surface area contributed by atoms with Gasteiger partial charge in [0.15, 0.2) is 0 Å². The summed E-state index contributed by atoms with van der Waals surface area (Å²) in [6, 6.07) is 64.4. The molecule has 12 rings (SSSR count). The van der Waals surface area contributed by atoms with E-state index in [0.717, 1.165) is 49.9 Å². The molecular formula is C60H48BrNO3S6. The normalized spacial score (nSPS) is 12.4. The highest BCUT2D eigenvalue weighted by Crippen LogP contribution is 2.56. The van der Waals surface area contributed by atoms with Gasteiger partial charge in [-0.05, 0) is 174 Å². The molecule has 11 heteroatoms. The van der Waals surface area contributed by atoms with Crippen molar-refractivity contribution < 1.29 is 14.2 Å². The van der Waals surface area contributed by atoms with Crippen LogP contribution in [0.15, 0.2) is 245 Å². The van der Waals surface area contributed by atoms with Gasteiger partial charge in [-0.3, -0.25) is 0 Å². The number of nitrogens with zero attached hydrogens (tertiary/aromatic N) is 1. The lowest BCUT2D eigenvalue weighted by molar-refractivity contribution is 0.410. The topological polar surface area (TPSA) is 30.9 Å². The van der Waals surface area contributed by atoms with Gasteiger partial charge in [-0.15, -0.1) is 0 Å². The lowest BCUT2D eigenvalue weighted by Gasteiger charge is -2.26. The van der Waals surface area contributed by atoms with Crippen LogP contribution in [0.1, 0.15) is 16.7 Å². The van der Waals surface area contributed by atoms with Gasteiger partial charge in [0.05, 0.1) is 25.8 Å². The summed E-state index contributed by atoms with van der Waals surface area (Å²) in [5.41, 5.74) is 9.56. The summed E-state index contributed by atoms with van der Waals surface area (Å²) in [7, 11) is 5.16. The van der Waals surface area contributed by atoms with Crippen molar-refractivity contribution in [3.05, 3.63) is 203 Å². The highest BCUT2D eigenvalue weighted by molar-refractivity contribution is 9.10. The SMILES string of the molecule is COc1ccc2c(c1)Sc1cc(C)ccc1S2.COc1ccc2c(c1-c1ccc(N(c3ccccc3)c3ccccc3)cc1)Sc1cc(C)ccc1S2.COc1ccc2c(c1Br)Sc1cc(C)ccc1S2. The van der Waals surface area contributed by atoms with Crippen LogP contribution in [0.25, 0.3) is 11.1 Å². The minimum atomic E-state index is 0.887. The van der Waals surface area contributed by atoms with Gasteiger partial charge in [-0.2, -0.15) is 0 Å². The summed E-state index contributed by atoms with van der Waals surface area (Å²) in [6.07, 6.45) is 0.